The molecule has 0 aliphatic carbocycles. The maximum atomic E-state index is 12.8. The Morgan fingerprint density at radius 3 is 2.46 bits per heavy atom. The van der Waals surface area contributed by atoms with E-state index in [9.17, 15) is 4.79 Å². The largest absolute Gasteiger partial charge is 0.387 e. The molecule has 0 aromatic heterocycles. The van der Waals surface area contributed by atoms with Gasteiger partial charge in [-0.3, -0.25) is 4.79 Å². The van der Waals surface area contributed by atoms with Crippen molar-refractivity contribution in [3.05, 3.63) is 59.2 Å². The quantitative estimate of drug-likeness (QED) is 0.819. The molecule has 1 heterocycles. The van der Waals surface area contributed by atoms with E-state index < -0.39 is 0 Å². The lowest BCUT2D eigenvalue weighted by molar-refractivity contribution is 0.0713. The minimum Gasteiger partial charge on any atom is -0.387 e. The van der Waals surface area contributed by atoms with Gasteiger partial charge in [-0.1, -0.05) is 12.1 Å². The summed E-state index contributed by atoms with van der Waals surface area (Å²) in [6.07, 6.45) is 3.95. The number of thioether (sulfide) groups is 1. The predicted molar refractivity (Wildman–Crippen MR) is 107 cm³/mol. The van der Waals surface area contributed by atoms with Gasteiger partial charge in [-0.15, -0.1) is 11.8 Å². The highest BCUT2D eigenvalue weighted by atomic mass is 32.2. The zero-order valence-electron chi connectivity index (χ0n) is 15.2. The molecular formula is C21H23N3OS. The molecule has 134 valence electrons. The first-order valence-corrected chi connectivity index (χ1v) is 10.0. The molecule has 2 aromatic carbocycles. The Morgan fingerprint density at radius 1 is 1.19 bits per heavy atom. The normalized spacial score (nSPS) is 14.7. The summed E-state index contributed by atoms with van der Waals surface area (Å²) in [4.78, 5) is 15.9. The van der Waals surface area contributed by atoms with Crippen molar-refractivity contribution in [2.75, 3.05) is 31.7 Å². The highest BCUT2D eigenvalue weighted by molar-refractivity contribution is 7.98. The molecule has 0 radical (unpaired) electrons. The Kier molecular flexibility index (Phi) is 5.85. The van der Waals surface area contributed by atoms with Crippen LogP contribution in [0, 0.1) is 11.3 Å². The molecule has 5 heteroatoms. The van der Waals surface area contributed by atoms with Crippen LogP contribution in [-0.2, 0) is 0 Å². The lowest BCUT2D eigenvalue weighted by Gasteiger charge is -2.32. The van der Waals surface area contributed by atoms with Gasteiger partial charge in [0, 0.05) is 36.3 Å². The summed E-state index contributed by atoms with van der Waals surface area (Å²) in [5, 5.41) is 12.1. The number of amides is 1. The van der Waals surface area contributed by atoms with Gasteiger partial charge >= 0.3 is 0 Å². The SMILES string of the molecule is CNc1cc(C(=O)N2CCC(c3ccc(C#N)cc3)CC2)ccc1SC. The van der Waals surface area contributed by atoms with Gasteiger partial charge in [0.25, 0.3) is 5.91 Å². The number of likely N-dealkylation sites (tertiary alicyclic amines) is 1. The summed E-state index contributed by atoms with van der Waals surface area (Å²) >= 11 is 1.67. The van der Waals surface area contributed by atoms with Crippen LogP contribution in [0.15, 0.2) is 47.4 Å². The van der Waals surface area contributed by atoms with Crippen molar-refractivity contribution >= 4 is 23.4 Å². The second-order valence-electron chi connectivity index (χ2n) is 6.47. The van der Waals surface area contributed by atoms with E-state index in [-0.39, 0.29) is 5.91 Å². The summed E-state index contributed by atoms with van der Waals surface area (Å²) in [5.74, 6) is 0.561. The zero-order valence-corrected chi connectivity index (χ0v) is 16.0. The minimum atomic E-state index is 0.104. The van der Waals surface area contributed by atoms with Crippen LogP contribution in [-0.4, -0.2) is 37.2 Å². The Hall–Kier alpha value is -2.45. The topological polar surface area (TPSA) is 56.1 Å². The first kappa shape index (κ1) is 18.3. The van der Waals surface area contributed by atoms with Gasteiger partial charge in [0.1, 0.15) is 0 Å². The Bertz CT molecular complexity index is 818. The number of anilines is 1. The molecule has 26 heavy (non-hydrogen) atoms. The summed E-state index contributed by atoms with van der Waals surface area (Å²) in [6, 6.07) is 15.9. The molecule has 4 nitrogen and oxygen atoms in total. The Labute approximate surface area is 159 Å². The highest BCUT2D eigenvalue weighted by Crippen LogP contribution is 2.30. The third kappa shape index (κ3) is 3.86. The molecule has 0 unspecified atom stereocenters. The number of rotatable bonds is 4. The number of nitrogens with zero attached hydrogens (tertiary/aromatic N) is 2. The van der Waals surface area contributed by atoms with Crippen LogP contribution in [0.3, 0.4) is 0 Å². The first-order chi connectivity index (χ1) is 12.7. The van der Waals surface area contributed by atoms with E-state index in [1.54, 1.807) is 11.8 Å². The van der Waals surface area contributed by atoms with Crippen molar-refractivity contribution in [1.82, 2.24) is 4.90 Å². The number of carbonyl (C=O) groups is 1. The predicted octanol–water partition coefficient (Wildman–Crippen LogP) is 4.34. The number of hydrogen-bond acceptors (Lipinski definition) is 4. The Morgan fingerprint density at radius 2 is 1.88 bits per heavy atom. The van der Waals surface area contributed by atoms with Gasteiger partial charge in [0.05, 0.1) is 11.6 Å². The molecule has 1 fully saturated rings. The summed E-state index contributed by atoms with van der Waals surface area (Å²) in [7, 11) is 1.88. The van der Waals surface area contributed by atoms with Crippen molar-refractivity contribution in [3.63, 3.8) is 0 Å². The van der Waals surface area contributed by atoms with Crippen LogP contribution < -0.4 is 5.32 Å². The fraction of sp³-hybridized carbons (Fsp3) is 0.333. The fourth-order valence-electron chi connectivity index (χ4n) is 3.46. The molecule has 1 N–H and O–H groups in total. The number of hydrogen-bond donors (Lipinski definition) is 1. The number of piperidine rings is 1. The van der Waals surface area contributed by atoms with Crippen LogP contribution in [0.2, 0.25) is 0 Å². The third-order valence-electron chi connectivity index (χ3n) is 5.01. The van der Waals surface area contributed by atoms with Gasteiger partial charge < -0.3 is 10.2 Å². The molecule has 0 spiro atoms. The van der Waals surface area contributed by atoms with Gasteiger partial charge in [0.15, 0.2) is 0 Å². The van der Waals surface area contributed by atoms with E-state index in [2.05, 4.69) is 11.4 Å². The van der Waals surface area contributed by atoms with E-state index >= 15 is 0 Å². The summed E-state index contributed by atoms with van der Waals surface area (Å²) in [6.45, 7) is 1.53. The van der Waals surface area contributed by atoms with Gasteiger partial charge in [-0.05, 0) is 60.9 Å². The van der Waals surface area contributed by atoms with Crippen LogP contribution in [0.5, 0.6) is 0 Å². The van der Waals surface area contributed by atoms with Crippen molar-refractivity contribution in [2.24, 2.45) is 0 Å². The maximum Gasteiger partial charge on any atom is 0.253 e. The highest BCUT2D eigenvalue weighted by Gasteiger charge is 2.25. The van der Waals surface area contributed by atoms with Crippen LogP contribution in [0.4, 0.5) is 5.69 Å². The lowest BCUT2D eigenvalue weighted by atomic mass is 9.89. The lowest BCUT2D eigenvalue weighted by Crippen LogP contribution is -2.37. The maximum absolute atomic E-state index is 12.8. The smallest absolute Gasteiger partial charge is 0.253 e. The van der Waals surface area contributed by atoms with Crippen LogP contribution >= 0.6 is 11.8 Å². The van der Waals surface area contributed by atoms with E-state index in [0.717, 1.165) is 42.1 Å². The van der Waals surface area contributed by atoms with Gasteiger partial charge in [-0.25, -0.2) is 0 Å². The second kappa shape index (κ2) is 8.29. The number of carbonyl (C=O) groups excluding carboxylic acids is 1. The van der Waals surface area contributed by atoms with E-state index in [1.165, 1.54) is 5.56 Å². The molecule has 1 aliphatic rings. The summed E-state index contributed by atoms with van der Waals surface area (Å²) in [5.41, 5.74) is 3.69. The van der Waals surface area contributed by atoms with E-state index in [1.807, 2.05) is 60.7 Å². The van der Waals surface area contributed by atoms with Crippen molar-refractivity contribution < 1.29 is 4.79 Å². The fourth-order valence-corrected chi connectivity index (χ4v) is 4.05. The zero-order chi connectivity index (χ0) is 18.5. The van der Waals surface area contributed by atoms with Gasteiger partial charge in [-0.2, -0.15) is 5.26 Å². The molecule has 1 saturated heterocycles. The minimum absolute atomic E-state index is 0.104. The molecular weight excluding hydrogens is 342 g/mol. The molecule has 0 saturated carbocycles. The number of benzene rings is 2. The number of nitrogens with one attached hydrogen (secondary N) is 1. The van der Waals surface area contributed by atoms with Crippen molar-refractivity contribution in [1.29, 1.82) is 5.26 Å². The molecule has 0 bridgehead atoms. The molecule has 1 aliphatic heterocycles. The van der Waals surface area contributed by atoms with Crippen molar-refractivity contribution in [2.45, 2.75) is 23.7 Å². The monoisotopic (exact) mass is 365 g/mol. The van der Waals surface area contributed by atoms with Crippen LogP contribution in [0.1, 0.15) is 40.2 Å². The number of nitriles is 1. The van der Waals surface area contributed by atoms with Gasteiger partial charge in [0.2, 0.25) is 0 Å². The summed E-state index contributed by atoms with van der Waals surface area (Å²) < 4.78 is 0. The van der Waals surface area contributed by atoms with Crippen molar-refractivity contribution in [3.8, 4) is 6.07 Å². The molecule has 3 rings (SSSR count). The Balaban J connectivity index is 1.65. The third-order valence-corrected chi connectivity index (χ3v) is 5.80. The molecule has 2 aromatic rings. The molecule has 1 amide bonds. The average molecular weight is 366 g/mol. The van der Waals surface area contributed by atoms with Crippen LogP contribution in [0.25, 0.3) is 0 Å². The average Bonchev–Trinajstić information content (AvgIpc) is 2.73. The standard InChI is InChI=1S/C21H23N3OS/c1-23-19-13-18(7-8-20(19)26-2)21(25)24-11-9-17(10-12-24)16-5-3-15(14-22)4-6-16/h3-8,13,17,23H,9-12H2,1-2H3. The van der Waals surface area contributed by atoms with E-state index in [4.69, 9.17) is 5.26 Å². The second-order valence-corrected chi connectivity index (χ2v) is 7.31. The first-order valence-electron chi connectivity index (χ1n) is 8.81. The molecule has 0 atom stereocenters. The van der Waals surface area contributed by atoms with E-state index in [0.29, 0.717) is 11.5 Å².